The lowest BCUT2D eigenvalue weighted by molar-refractivity contribution is -0.135. The van der Waals surface area contributed by atoms with E-state index in [-0.39, 0.29) is 17.7 Å². The van der Waals surface area contributed by atoms with Gasteiger partial charge in [-0.2, -0.15) is 0 Å². The summed E-state index contributed by atoms with van der Waals surface area (Å²) < 4.78 is 0. The fraction of sp³-hybridized carbons (Fsp3) is 0.333. The van der Waals surface area contributed by atoms with Gasteiger partial charge in [0, 0.05) is 37.7 Å². The van der Waals surface area contributed by atoms with Gasteiger partial charge in [-0.05, 0) is 23.3 Å². The van der Waals surface area contributed by atoms with E-state index in [9.17, 15) is 9.59 Å². The Morgan fingerprint density at radius 1 is 0.760 bits per heavy atom. The summed E-state index contributed by atoms with van der Waals surface area (Å²) in [5, 5.41) is 0. The van der Waals surface area contributed by atoms with Crippen LogP contribution in [0.4, 0.5) is 0 Å². The second-order valence-electron chi connectivity index (χ2n) is 6.72. The molecule has 2 aromatic carbocycles. The van der Waals surface area contributed by atoms with E-state index >= 15 is 0 Å². The molecular weight excluding hydrogens is 312 g/mol. The number of hydrogen-bond acceptors (Lipinski definition) is 2. The Kier molecular flexibility index (Phi) is 5.17. The standard InChI is InChI=1S/C21H24N2O2/c1-16(2)20(24)22-12-14-23(15-13-22)21(25)19-10-8-18(9-11-19)17-6-4-3-5-7-17/h3-11,16H,12-15H2,1-2H3. The van der Waals surface area contributed by atoms with E-state index in [1.165, 1.54) is 0 Å². The first-order chi connectivity index (χ1) is 12.1. The lowest BCUT2D eigenvalue weighted by atomic mass is 10.0. The van der Waals surface area contributed by atoms with Crippen LogP contribution in [0.25, 0.3) is 11.1 Å². The maximum Gasteiger partial charge on any atom is 0.253 e. The van der Waals surface area contributed by atoms with Crippen LogP contribution < -0.4 is 0 Å². The van der Waals surface area contributed by atoms with Gasteiger partial charge in [0.25, 0.3) is 5.91 Å². The topological polar surface area (TPSA) is 40.6 Å². The van der Waals surface area contributed by atoms with Gasteiger partial charge < -0.3 is 9.80 Å². The predicted molar refractivity (Wildman–Crippen MR) is 99.2 cm³/mol. The molecule has 1 fully saturated rings. The van der Waals surface area contributed by atoms with Gasteiger partial charge in [-0.25, -0.2) is 0 Å². The summed E-state index contributed by atoms with van der Waals surface area (Å²) in [6.45, 7) is 6.24. The van der Waals surface area contributed by atoms with E-state index in [2.05, 4.69) is 12.1 Å². The van der Waals surface area contributed by atoms with Gasteiger partial charge in [0.05, 0.1) is 0 Å². The van der Waals surface area contributed by atoms with Crippen molar-refractivity contribution >= 4 is 11.8 Å². The van der Waals surface area contributed by atoms with Crippen LogP contribution in [-0.2, 0) is 4.79 Å². The summed E-state index contributed by atoms with van der Waals surface area (Å²) in [6, 6.07) is 17.9. The van der Waals surface area contributed by atoms with Crippen molar-refractivity contribution in [2.24, 2.45) is 5.92 Å². The third-order valence-electron chi connectivity index (χ3n) is 4.61. The third-order valence-corrected chi connectivity index (χ3v) is 4.61. The van der Waals surface area contributed by atoms with Crippen molar-refractivity contribution in [3.05, 3.63) is 60.2 Å². The summed E-state index contributed by atoms with van der Waals surface area (Å²) in [5.41, 5.74) is 2.94. The second-order valence-corrected chi connectivity index (χ2v) is 6.72. The number of rotatable bonds is 3. The highest BCUT2D eigenvalue weighted by Gasteiger charge is 2.25. The van der Waals surface area contributed by atoms with Crippen molar-refractivity contribution in [2.45, 2.75) is 13.8 Å². The molecule has 0 spiro atoms. The second kappa shape index (κ2) is 7.51. The molecule has 0 radical (unpaired) electrons. The molecule has 0 bridgehead atoms. The summed E-state index contributed by atoms with van der Waals surface area (Å²) >= 11 is 0. The number of nitrogens with zero attached hydrogens (tertiary/aromatic N) is 2. The molecule has 2 aromatic rings. The predicted octanol–water partition coefficient (Wildman–Crippen LogP) is 3.29. The van der Waals surface area contributed by atoms with Gasteiger partial charge in [-0.3, -0.25) is 9.59 Å². The molecule has 0 atom stereocenters. The van der Waals surface area contributed by atoms with E-state index in [1.54, 1.807) is 0 Å². The molecule has 130 valence electrons. The van der Waals surface area contributed by atoms with E-state index in [1.807, 2.05) is 66.1 Å². The monoisotopic (exact) mass is 336 g/mol. The molecule has 0 unspecified atom stereocenters. The third kappa shape index (κ3) is 3.90. The van der Waals surface area contributed by atoms with Crippen molar-refractivity contribution < 1.29 is 9.59 Å². The Bertz CT molecular complexity index is 730. The molecule has 0 saturated carbocycles. The number of benzene rings is 2. The summed E-state index contributed by atoms with van der Waals surface area (Å²) in [5.74, 6) is 0.211. The Hall–Kier alpha value is -2.62. The SMILES string of the molecule is CC(C)C(=O)N1CCN(C(=O)c2ccc(-c3ccccc3)cc2)CC1. The van der Waals surface area contributed by atoms with Gasteiger partial charge in [0.15, 0.2) is 0 Å². The van der Waals surface area contributed by atoms with E-state index in [0.29, 0.717) is 31.7 Å². The molecule has 1 saturated heterocycles. The first kappa shape index (κ1) is 17.2. The largest absolute Gasteiger partial charge is 0.339 e. The number of carbonyl (C=O) groups excluding carboxylic acids is 2. The number of carbonyl (C=O) groups is 2. The lowest BCUT2D eigenvalue weighted by Gasteiger charge is -2.35. The molecule has 1 aliphatic heterocycles. The van der Waals surface area contributed by atoms with Gasteiger partial charge in [0.2, 0.25) is 5.91 Å². The number of piperazine rings is 1. The minimum absolute atomic E-state index is 0.00721. The average molecular weight is 336 g/mol. The zero-order valence-corrected chi connectivity index (χ0v) is 14.8. The molecule has 4 heteroatoms. The maximum atomic E-state index is 12.7. The Morgan fingerprint density at radius 3 is 1.84 bits per heavy atom. The zero-order chi connectivity index (χ0) is 17.8. The number of hydrogen-bond donors (Lipinski definition) is 0. The van der Waals surface area contributed by atoms with Crippen molar-refractivity contribution in [3.63, 3.8) is 0 Å². The summed E-state index contributed by atoms with van der Waals surface area (Å²) in [6.07, 6.45) is 0. The van der Waals surface area contributed by atoms with Crippen molar-refractivity contribution in [1.29, 1.82) is 0 Å². The highest BCUT2D eigenvalue weighted by molar-refractivity contribution is 5.95. The van der Waals surface area contributed by atoms with Crippen molar-refractivity contribution in [2.75, 3.05) is 26.2 Å². The lowest BCUT2D eigenvalue weighted by Crippen LogP contribution is -2.51. The minimum atomic E-state index is 0.00721. The fourth-order valence-electron chi connectivity index (χ4n) is 3.11. The fourth-order valence-corrected chi connectivity index (χ4v) is 3.11. The average Bonchev–Trinajstić information content (AvgIpc) is 2.67. The van der Waals surface area contributed by atoms with E-state index in [4.69, 9.17) is 0 Å². The molecule has 3 rings (SSSR count). The van der Waals surface area contributed by atoms with Gasteiger partial charge in [0.1, 0.15) is 0 Å². The smallest absolute Gasteiger partial charge is 0.253 e. The highest BCUT2D eigenvalue weighted by atomic mass is 16.2. The quantitative estimate of drug-likeness (QED) is 0.863. The van der Waals surface area contributed by atoms with Crippen LogP contribution in [-0.4, -0.2) is 47.8 Å². The van der Waals surface area contributed by atoms with Gasteiger partial charge in [-0.15, -0.1) is 0 Å². The van der Waals surface area contributed by atoms with E-state index < -0.39 is 0 Å². The molecule has 1 aliphatic rings. The van der Waals surface area contributed by atoms with Crippen LogP contribution in [0.5, 0.6) is 0 Å². The molecule has 2 amide bonds. The molecule has 1 heterocycles. The van der Waals surface area contributed by atoms with Crippen LogP contribution in [0.1, 0.15) is 24.2 Å². The van der Waals surface area contributed by atoms with Crippen LogP contribution in [0.15, 0.2) is 54.6 Å². The van der Waals surface area contributed by atoms with E-state index in [0.717, 1.165) is 11.1 Å². The molecule has 25 heavy (non-hydrogen) atoms. The van der Waals surface area contributed by atoms with Crippen LogP contribution in [0, 0.1) is 5.92 Å². The van der Waals surface area contributed by atoms with Crippen LogP contribution in [0.3, 0.4) is 0 Å². The number of amides is 2. The Labute approximate surface area is 149 Å². The van der Waals surface area contributed by atoms with Crippen molar-refractivity contribution in [1.82, 2.24) is 9.80 Å². The molecule has 0 N–H and O–H groups in total. The molecular formula is C21H24N2O2. The Morgan fingerprint density at radius 2 is 1.28 bits per heavy atom. The van der Waals surface area contributed by atoms with Gasteiger partial charge >= 0.3 is 0 Å². The Balaban J connectivity index is 1.63. The minimum Gasteiger partial charge on any atom is -0.339 e. The summed E-state index contributed by atoms with van der Waals surface area (Å²) in [7, 11) is 0. The van der Waals surface area contributed by atoms with Crippen LogP contribution >= 0.6 is 0 Å². The van der Waals surface area contributed by atoms with Gasteiger partial charge in [-0.1, -0.05) is 56.3 Å². The zero-order valence-electron chi connectivity index (χ0n) is 14.8. The molecule has 4 nitrogen and oxygen atoms in total. The van der Waals surface area contributed by atoms with Crippen LogP contribution in [0.2, 0.25) is 0 Å². The maximum absolute atomic E-state index is 12.7. The summed E-state index contributed by atoms with van der Waals surface area (Å²) in [4.78, 5) is 28.4. The highest BCUT2D eigenvalue weighted by Crippen LogP contribution is 2.20. The molecule has 0 aromatic heterocycles. The van der Waals surface area contributed by atoms with Crippen molar-refractivity contribution in [3.8, 4) is 11.1 Å². The molecule has 0 aliphatic carbocycles. The first-order valence-electron chi connectivity index (χ1n) is 8.80. The normalized spacial score (nSPS) is 14.7. The first-order valence-corrected chi connectivity index (χ1v) is 8.80.